The van der Waals surface area contributed by atoms with E-state index in [9.17, 15) is 0 Å². The molecule has 0 atom stereocenters. The zero-order valence-corrected chi connectivity index (χ0v) is 12.9. The Labute approximate surface area is 136 Å². The zero-order chi connectivity index (χ0) is 14.1. The first-order chi connectivity index (χ1) is 10.4. The van der Waals surface area contributed by atoms with E-state index in [0.717, 1.165) is 6.54 Å². The molecule has 1 heterocycles. The predicted molar refractivity (Wildman–Crippen MR) is 87.2 cm³/mol. The Balaban J connectivity index is 0.00000144. The number of benzene rings is 3. The van der Waals surface area contributed by atoms with E-state index in [1.165, 1.54) is 27.2 Å². The second-order valence-electron chi connectivity index (χ2n) is 5.33. The topological polar surface area (TPSA) is 3.88 Å². The molecule has 0 radical (unpaired) electrons. The maximum absolute atomic E-state index is 2.32. The number of pyridine rings is 1. The quantitative estimate of drug-likeness (QED) is 0.492. The van der Waals surface area contributed by atoms with Gasteiger partial charge in [0.1, 0.15) is 0 Å². The molecule has 0 aliphatic heterocycles. The van der Waals surface area contributed by atoms with Crippen LogP contribution in [0.25, 0.3) is 21.7 Å². The Morgan fingerprint density at radius 2 is 1.32 bits per heavy atom. The van der Waals surface area contributed by atoms with Gasteiger partial charge in [-0.25, -0.2) is 0 Å². The number of aromatic nitrogens is 1. The van der Waals surface area contributed by atoms with Crippen molar-refractivity contribution in [3.05, 3.63) is 90.6 Å². The van der Waals surface area contributed by atoms with E-state index >= 15 is 0 Å². The average Bonchev–Trinajstić information content (AvgIpc) is 2.56. The Hall–Kier alpha value is -2.38. The third kappa shape index (κ3) is 2.56. The van der Waals surface area contributed by atoms with Crippen LogP contribution in [0.3, 0.4) is 0 Å². The highest BCUT2D eigenvalue weighted by Crippen LogP contribution is 2.18. The highest BCUT2D eigenvalue weighted by atomic mass is 35.5. The minimum Gasteiger partial charge on any atom is -1.00 e. The van der Waals surface area contributed by atoms with Crippen LogP contribution >= 0.6 is 0 Å². The first kappa shape index (κ1) is 14.6. The Kier molecular flexibility index (Phi) is 4.08. The van der Waals surface area contributed by atoms with Crippen LogP contribution in [-0.4, -0.2) is 0 Å². The summed E-state index contributed by atoms with van der Waals surface area (Å²) in [4.78, 5) is 0. The van der Waals surface area contributed by atoms with E-state index in [1.807, 2.05) is 0 Å². The van der Waals surface area contributed by atoms with Gasteiger partial charge in [-0.15, -0.1) is 0 Å². The van der Waals surface area contributed by atoms with Crippen LogP contribution in [0.1, 0.15) is 5.56 Å². The van der Waals surface area contributed by atoms with Gasteiger partial charge >= 0.3 is 0 Å². The first-order valence-corrected chi connectivity index (χ1v) is 7.26. The lowest BCUT2D eigenvalue weighted by molar-refractivity contribution is -0.662. The molecule has 0 unspecified atom stereocenters. The van der Waals surface area contributed by atoms with E-state index in [4.69, 9.17) is 0 Å². The third-order valence-corrected chi connectivity index (χ3v) is 4.01. The van der Waals surface area contributed by atoms with Gasteiger partial charge in [0.05, 0.1) is 0 Å². The normalized spacial score (nSPS) is 10.5. The smallest absolute Gasteiger partial charge is 0.212 e. The van der Waals surface area contributed by atoms with Crippen molar-refractivity contribution in [1.29, 1.82) is 0 Å². The fourth-order valence-electron chi connectivity index (χ4n) is 2.97. The Morgan fingerprint density at radius 1 is 0.636 bits per heavy atom. The van der Waals surface area contributed by atoms with Gasteiger partial charge in [-0.1, -0.05) is 54.6 Å². The summed E-state index contributed by atoms with van der Waals surface area (Å²) in [5, 5.41) is 3.91. The van der Waals surface area contributed by atoms with Gasteiger partial charge in [0.15, 0.2) is 12.7 Å². The molecule has 22 heavy (non-hydrogen) atoms. The maximum Gasteiger partial charge on any atom is 0.212 e. The monoisotopic (exact) mass is 305 g/mol. The van der Waals surface area contributed by atoms with Crippen molar-refractivity contribution in [2.24, 2.45) is 0 Å². The lowest BCUT2D eigenvalue weighted by atomic mass is 10.0. The third-order valence-electron chi connectivity index (χ3n) is 4.01. The number of hydrogen-bond donors (Lipinski definition) is 0. The summed E-state index contributed by atoms with van der Waals surface area (Å²) >= 11 is 0. The summed E-state index contributed by atoms with van der Waals surface area (Å²) in [7, 11) is 0. The summed E-state index contributed by atoms with van der Waals surface area (Å²) in [5.41, 5.74) is 2.63. The number of rotatable bonds is 2. The minimum absolute atomic E-state index is 0. The lowest BCUT2D eigenvalue weighted by Crippen LogP contribution is -3.00. The van der Waals surface area contributed by atoms with E-state index in [0.29, 0.717) is 0 Å². The van der Waals surface area contributed by atoms with Crippen molar-refractivity contribution in [3.63, 3.8) is 0 Å². The summed E-state index contributed by atoms with van der Waals surface area (Å²) in [6, 6.07) is 27.9. The molecule has 108 valence electrons. The molecular formula is C20H16ClN. The summed E-state index contributed by atoms with van der Waals surface area (Å²) in [6.07, 6.45) is 2.16. The van der Waals surface area contributed by atoms with Crippen LogP contribution in [0, 0.1) is 0 Å². The second kappa shape index (κ2) is 6.17. The van der Waals surface area contributed by atoms with Crippen LogP contribution in [-0.2, 0) is 6.54 Å². The Bertz CT molecular complexity index is 843. The van der Waals surface area contributed by atoms with Crippen LogP contribution in [0.2, 0.25) is 0 Å². The van der Waals surface area contributed by atoms with Gasteiger partial charge in [0.25, 0.3) is 0 Å². The number of halogens is 1. The van der Waals surface area contributed by atoms with Crippen LogP contribution in [0.4, 0.5) is 0 Å². The van der Waals surface area contributed by atoms with Crippen molar-refractivity contribution in [2.45, 2.75) is 6.54 Å². The molecule has 0 fully saturated rings. The molecule has 0 N–H and O–H groups in total. The summed E-state index contributed by atoms with van der Waals surface area (Å²) < 4.78 is 2.32. The Morgan fingerprint density at radius 3 is 2.23 bits per heavy atom. The largest absolute Gasteiger partial charge is 1.00 e. The van der Waals surface area contributed by atoms with Gasteiger partial charge in [0, 0.05) is 23.1 Å². The van der Waals surface area contributed by atoms with Gasteiger partial charge in [0.2, 0.25) is 5.52 Å². The molecule has 1 nitrogen and oxygen atoms in total. The highest BCUT2D eigenvalue weighted by molar-refractivity contribution is 5.85. The molecule has 0 aliphatic rings. The summed E-state index contributed by atoms with van der Waals surface area (Å²) in [5.74, 6) is 0. The molecule has 0 saturated carbocycles. The number of fused-ring (bicyclic) bond motifs is 2. The SMILES string of the molecule is [Cl-].c1ccc2c(C[n+]3cccc4ccccc43)cccc2c1. The number of hydrogen-bond acceptors (Lipinski definition) is 0. The molecule has 0 bridgehead atoms. The van der Waals surface area contributed by atoms with Crippen molar-refractivity contribution >= 4 is 21.7 Å². The summed E-state index contributed by atoms with van der Waals surface area (Å²) in [6.45, 7) is 0.892. The first-order valence-electron chi connectivity index (χ1n) is 7.26. The molecule has 0 amide bonds. The van der Waals surface area contributed by atoms with Crippen molar-refractivity contribution in [1.82, 2.24) is 0 Å². The van der Waals surface area contributed by atoms with Gasteiger partial charge in [-0.3, -0.25) is 0 Å². The predicted octanol–water partition coefficient (Wildman–Crippen LogP) is 1.33. The molecule has 0 aliphatic carbocycles. The van der Waals surface area contributed by atoms with Crippen molar-refractivity contribution < 1.29 is 17.0 Å². The van der Waals surface area contributed by atoms with Crippen LogP contribution in [0.15, 0.2) is 85.1 Å². The molecule has 4 rings (SSSR count). The molecular weight excluding hydrogens is 290 g/mol. The number of nitrogens with zero attached hydrogens (tertiary/aromatic N) is 1. The minimum atomic E-state index is 0. The van der Waals surface area contributed by atoms with E-state index in [2.05, 4.69) is 89.6 Å². The molecule has 1 aromatic heterocycles. The van der Waals surface area contributed by atoms with Crippen LogP contribution < -0.4 is 17.0 Å². The van der Waals surface area contributed by atoms with Gasteiger partial charge < -0.3 is 12.4 Å². The van der Waals surface area contributed by atoms with Gasteiger partial charge in [-0.2, -0.15) is 4.57 Å². The highest BCUT2D eigenvalue weighted by Gasteiger charge is 2.10. The van der Waals surface area contributed by atoms with Crippen LogP contribution in [0.5, 0.6) is 0 Å². The van der Waals surface area contributed by atoms with E-state index in [1.54, 1.807) is 0 Å². The maximum atomic E-state index is 2.32. The average molecular weight is 306 g/mol. The molecule has 4 aromatic rings. The molecule has 2 heteroatoms. The molecule has 0 spiro atoms. The fourth-order valence-corrected chi connectivity index (χ4v) is 2.97. The second-order valence-corrected chi connectivity index (χ2v) is 5.33. The van der Waals surface area contributed by atoms with Gasteiger partial charge in [-0.05, 0) is 22.9 Å². The molecule has 0 saturated heterocycles. The van der Waals surface area contributed by atoms with E-state index in [-0.39, 0.29) is 12.4 Å². The number of para-hydroxylation sites is 1. The van der Waals surface area contributed by atoms with Crippen molar-refractivity contribution in [3.8, 4) is 0 Å². The standard InChI is InChI=1S/C20H16N.ClH/c1-3-12-19-16(7-1)9-5-10-18(19)15-21-14-6-11-17-8-2-4-13-20(17)21;/h1-14H,15H2;1H/q+1;/p-1. The zero-order valence-electron chi connectivity index (χ0n) is 12.1. The molecule has 3 aromatic carbocycles. The van der Waals surface area contributed by atoms with E-state index < -0.39 is 0 Å². The lowest BCUT2D eigenvalue weighted by Gasteiger charge is -2.05. The van der Waals surface area contributed by atoms with Crippen molar-refractivity contribution in [2.75, 3.05) is 0 Å². The fraction of sp³-hybridized carbons (Fsp3) is 0.0500.